The maximum absolute atomic E-state index is 13.3. The lowest BCUT2D eigenvalue weighted by Crippen LogP contribution is -2.59. The van der Waals surface area contributed by atoms with Crippen molar-refractivity contribution in [1.82, 2.24) is 29.8 Å². The van der Waals surface area contributed by atoms with Crippen molar-refractivity contribution in [2.45, 2.75) is 103 Å². The van der Waals surface area contributed by atoms with Crippen molar-refractivity contribution in [2.75, 3.05) is 85.1 Å². The van der Waals surface area contributed by atoms with Crippen LogP contribution in [0.3, 0.4) is 0 Å². The molecule has 13 nitrogen and oxygen atoms in total. The highest BCUT2D eigenvalue weighted by Crippen LogP contribution is 2.21. The summed E-state index contributed by atoms with van der Waals surface area (Å²) in [5, 5.41) is 22.8. The second-order valence-electron chi connectivity index (χ2n) is 13.3. The first kappa shape index (κ1) is 38.1. The molecule has 3 saturated heterocycles. The van der Waals surface area contributed by atoms with Gasteiger partial charge in [-0.1, -0.05) is 33.6 Å². The van der Waals surface area contributed by atoms with Gasteiger partial charge in [-0.3, -0.25) is 38.8 Å². The normalized spacial score (nSPS) is 27.7. The molecule has 3 N–H and O–H groups in total. The van der Waals surface area contributed by atoms with Crippen LogP contribution in [0.1, 0.15) is 78.6 Å². The molecule has 0 saturated carbocycles. The molecule has 13 heteroatoms. The Balaban J connectivity index is 1.76. The lowest BCUT2D eigenvalue weighted by molar-refractivity contribution is -0.144. The molecule has 0 aromatic heterocycles. The highest BCUT2D eigenvalue weighted by Gasteiger charge is 2.37. The first-order valence-electron chi connectivity index (χ1n) is 17.7. The van der Waals surface area contributed by atoms with Gasteiger partial charge >= 0.3 is 17.9 Å². The number of amides is 1. The summed E-state index contributed by atoms with van der Waals surface area (Å²) in [4.78, 5) is 60.7. The molecule has 1 amide bonds. The molecule has 0 aliphatic carbocycles. The largest absolute Gasteiger partial charge is 0.480 e. The summed E-state index contributed by atoms with van der Waals surface area (Å²) in [7, 11) is 0. The Labute approximate surface area is 275 Å². The van der Waals surface area contributed by atoms with E-state index < -0.39 is 11.9 Å². The van der Waals surface area contributed by atoms with Crippen LogP contribution < -0.4 is 5.32 Å². The van der Waals surface area contributed by atoms with Gasteiger partial charge in [-0.05, 0) is 64.6 Å². The van der Waals surface area contributed by atoms with Crippen molar-refractivity contribution in [3.05, 3.63) is 0 Å². The van der Waals surface area contributed by atoms with E-state index in [1.807, 2.05) is 30.6 Å². The number of rotatable bonds is 16. The first-order valence-corrected chi connectivity index (χ1v) is 17.7. The number of likely N-dealkylation sites (tertiary alicyclic amines) is 1. The van der Waals surface area contributed by atoms with Crippen molar-refractivity contribution in [3.8, 4) is 0 Å². The van der Waals surface area contributed by atoms with Gasteiger partial charge in [0.15, 0.2) is 0 Å². The van der Waals surface area contributed by atoms with Gasteiger partial charge in [-0.2, -0.15) is 0 Å². The summed E-state index contributed by atoms with van der Waals surface area (Å²) >= 11 is 0. The van der Waals surface area contributed by atoms with Crippen molar-refractivity contribution >= 4 is 23.8 Å². The minimum Gasteiger partial charge on any atom is -0.480 e. The standard InChI is InChI=1S/C33H60N6O7/c1-4-26-17-36(21-30(40)34-13-9-7-8-10-14-35-15-11-12-16-35)29-20-39(24-33(45)46-25-29)28(6-3)19-38(23-32(43)44)27(5-2)18-37(26)22-31(41)42/h26-29H,4-25H2,1-3H3,(H,34,40)(H,41,42)(H,43,44). The average Bonchev–Trinajstić information content (AvgIpc) is 3.45. The van der Waals surface area contributed by atoms with E-state index >= 15 is 0 Å². The Morgan fingerprint density at radius 2 is 1.33 bits per heavy atom. The Morgan fingerprint density at radius 1 is 0.761 bits per heavy atom. The summed E-state index contributed by atoms with van der Waals surface area (Å²) in [6, 6.07) is -0.780. The predicted molar refractivity (Wildman–Crippen MR) is 176 cm³/mol. The summed E-state index contributed by atoms with van der Waals surface area (Å²) in [5.41, 5.74) is 0. The van der Waals surface area contributed by atoms with Gasteiger partial charge in [0.2, 0.25) is 5.91 Å². The zero-order valence-electron chi connectivity index (χ0n) is 28.5. The number of carbonyl (C=O) groups is 4. The fourth-order valence-electron chi connectivity index (χ4n) is 7.27. The minimum absolute atomic E-state index is 0.0861. The highest BCUT2D eigenvalue weighted by atomic mass is 16.5. The Kier molecular flexibility index (Phi) is 16.7. The first-order chi connectivity index (χ1) is 22.1. The van der Waals surface area contributed by atoms with E-state index in [1.165, 1.54) is 32.4 Å². The Hall–Kier alpha value is -2.32. The lowest BCUT2D eigenvalue weighted by Gasteiger charge is -2.44. The van der Waals surface area contributed by atoms with E-state index in [0.717, 1.165) is 25.8 Å². The minimum atomic E-state index is -0.948. The summed E-state index contributed by atoms with van der Waals surface area (Å²) in [5.74, 6) is -2.31. The fraction of sp³-hybridized carbons (Fsp3) is 0.879. The van der Waals surface area contributed by atoms with E-state index in [-0.39, 0.29) is 68.8 Å². The number of carboxylic acids is 2. The molecule has 3 fully saturated rings. The molecule has 3 heterocycles. The number of cyclic esters (lactones) is 1. The number of nitrogens with zero attached hydrogens (tertiary/aromatic N) is 5. The molecule has 0 spiro atoms. The van der Waals surface area contributed by atoms with Crippen LogP contribution >= 0.6 is 0 Å². The third kappa shape index (κ3) is 12.7. The number of carboxylic acid groups (broad SMARTS) is 2. The molecule has 0 aromatic rings. The molecule has 5 atom stereocenters. The van der Waals surface area contributed by atoms with Crippen molar-refractivity contribution in [1.29, 1.82) is 0 Å². The molecule has 3 aliphatic rings. The van der Waals surface area contributed by atoms with Gasteiger partial charge in [0.1, 0.15) is 6.61 Å². The number of hydrogen-bond acceptors (Lipinski definition) is 10. The van der Waals surface area contributed by atoms with Crippen molar-refractivity contribution in [2.24, 2.45) is 0 Å². The summed E-state index contributed by atoms with van der Waals surface area (Å²) in [6.45, 7) is 12.0. The van der Waals surface area contributed by atoms with Crippen LogP contribution in [0.15, 0.2) is 0 Å². The topological polar surface area (TPSA) is 146 Å². The SMILES string of the molecule is CCC1CN(CC(=O)O)C(CC)CN(CC(=O)NCCCCCCN2CCCC2)C2COC(=O)CN(C2)C(CC)CN1CC(=O)O. The monoisotopic (exact) mass is 652 g/mol. The third-order valence-corrected chi connectivity index (χ3v) is 9.97. The van der Waals surface area contributed by atoms with Gasteiger partial charge in [0.05, 0.1) is 32.2 Å². The van der Waals surface area contributed by atoms with Crippen LogP contribution in [-0.4, -0.2) is 168 Å². The number of esters is 1. The van der Waals surface area contributed by atoms with Crippen molar-refractivity contribution in [3.63, 3.8) is 0 Å². The average molecular weight is 653 g/mol. The second kappa shape index (κ2) is 20.1. The number of ether oxygens (including phenoxy) is 1. The molecule has 3 aliphatic heterocycles. The molecule has 0 aromatic carbocycles. The zero-order chi connectivity index (χ0) is 33.5. The summed E-state index contributed by atoms with van der Waals surface area (Å²) < 4.78 is 5.67. The molecule has 3 rings (SSSR count). The molecule has 5 unspecified atom stereocenters. The van der Waals surface area contributed by atoms with Gasteiger partial charge < -0.3 is 25.2 Å². The number of unbranched alkanes of at least 4 members (excludes halogenated alkanes) is 3. The van der Waals surface area contributed by atoms with Crippen LogP contribution in [0, 0.1) is 0 Å². The van der Waals surface area contributed by atoms with Crippen molar-refractivity contribution < 1.29 is 34.1 Å². The van der Waals surface area contributed by atoms with Gasteiger partial charge in [-0.15, -0.1) is 0 Å². The molecule has 46 heavy (non-hydrogen) atoms. The van der Waals surface area contributed by atoms with Crippen LogP contribution in [0.4, 0.5) is 0 Å². The number of carbonyl (C=O) groups excluding carboxylic acids is 2. The van der Waals surface area contributed by atoms with Gasteiger partial charge in [0, 0.05) is 50.8 Å². The van der Waals surface area contributed by atoms with Gasteiger partial charge in [-0.25, -0.2) is 0 Å². The molecular weight excluding hydrogens is 592 g/mol. The van der Waals surface area contributed by atoms with E-state index in [9.17, 15) is 29.4 Å². The van der Waals surface area contributed by atoms with E-state index in [2.05, 4.69) is 20.0 Å². The van der Waals surface area contributed by atoms with Crippen LogP contribution in [0.5, 0.6) is 0 Å². The van der Waals surface area contributed by atoms with Gasteiger partial charge in [0.25, 0.3) is 0 Å². The smallest absolute Gasteiger partial charge is 0.320 e. The maximum Gasteiger partial charge on any atom is 0.320 e. The van der Waals surface area contributed by atoms with E-state index in [1.54, 1.807) is 0 Å². The van der Waals surface area contributed by atoms with E-state index in [4.69, 9.17) is 4.74 Å². The second-order valence-corrected chi connectivity index (χ2v) is 13.3. The molecule has 2 bridgehead atoms. The van der Waals surface area contributed by atoms with E-state index in [0.29, 0.717) is 52.0 Å². The molecular formula is C33H60N6O7. The predicted octanol–water partition coefficient (Wildman–Crippen LogP) is 1.41. The molecule has 0 radical (unpaired) electrons. The number of nitrogens with one attached hydrogen (secondary N) is 1. The van der Waals surface area contributed by atoms with Crippen LogP contribution in [-0.2, 0) is 23.9 Å². The highest BCUT2D eigenvalue weighted by molar-refractivity contribution is 5.78. The van der Waals surface area contributed by atoms with Crippen LogP contribution in [0.2, 0.25) is 0 Å². The number of fused-ring (bicyclic) bond motifs is 2. The Bertz CT molecular complexity index is 965. The lowest BCUT2D eigenvalue weighted by atomic mass is 10.0. The molecule has 264 valence electrons. The maximum atomic E-state index is 13.3. The van der Waals surface area contributed by atoms with Crippen LogP contribution in [0.25, 0.3) is 0 Å². The number of hydrogen-bond donors (Lipinski definition) is 3. The fourth-order valence-corrected chi connectivity index (χ4v) is 7.27. The Morgan fingerprint density at radius 3 is 1.91 bits per heavy atom. The number of aliphatic carboxylic acids is 2. The third-order valence-electron chi connectivity index (χ3n) is 9.97. The summed E-state index contributed by atoms with van der Waals surface area (Å²) in [6.07, 6.45) is 8.95. The quantitative estimate of drug-likeness (QED) is 0.164. The zero-order valence-corrected chi connectivity index (χ0v) is 28.5.